The molecule has 2 unspecified atom stereocenters. The molecule has 0 bridgehead atoms. The van der Waals surface area contributed by atoms with Crippen LogP contribution in [0.3, 0.4) is 0 Å². The molecule has 0 spiro atoms. The summed E-state index contributed by atoms with van der Waals surface area (Å²) in [5, 5.41) is 1.03. The average Bonchev–Trinajstić information content (AvgIpc) is 2.90. The van der Waals surface area contributed by atoms with Gasteiger partial charge in [0.25, 0.3) is 0 Å². The van der Waals surface area contributed by atoms with Gasteiger partial charge in [-0.15, -0.1) is 0 Å². The van der Waals surface area contributed by atoms with Crippen molar-refractivity contribution >= 4 is 16.7 Å². The van der Waals surface area contributed by atoms with Gasteiger partial charge in [0, 0.05) is 36.0 Å². The van der Waals surface area contributed by atoms with Crippen LogP contribution in [0.25, 0.3) is 10.9 Å². The molecule has 1 saturated heterocycles. The van der Waals surface area contributed by atoms with Crippen LogP contribution in [0.4, 0.5) is 5.82 Å². The van der Waals surface area contributed by atoms with Gasteiger partial charge in [0.2, 0.25) is 0 Å². The zero-order valence-electron chi connectivity index (χ0n) is 17.3. The summed E-state index contributed by atoms with van der Waals surface area (Å²) in [5.74, 6) is 1.36. The van der Waals surface area contributed by atoms with Crippen LogP contribution < -0.4 is 10.5 Å². The van der Waals surface area contributed by atoms with Gasteiger partial charge < -0.3 is 10.5 Å². The van der Waals surface area contributed by atoms with Crippen LogP contribution in [0.2, 0.25) is 0 Å². The Kier molecular flexibility index (Phi) is 4.68. The van der Waals surface area contributed by atoms with Crippen LogP contribution in [0.1, 0.15) is 53.5 Å². The van der Waals surface area contributed by atoms with E-state index in [0.717, 1.165) is 29.6 Å². The number of fused-ring (bicyclic) bond motifs is 1. The highest BCUT2D eigenvalue weighted by molar-refractivity contribution is 5.87. The standard InChI is InChI=1S/C22H33N3O/c1-14-8-9-16-17(10-14)24-20(23)12-18(16)26-15-11-19(21(2,3)4)25(13-15)22(5,6)7/h8-10,12,15,19H,11,13H2,1-7H3,(H2,23,24). The highest BCUT2D eigenvalue weighted by atomic mass is 16.5. The summed E-state index contributed by atoms with van der Waals surface area (Å²) in [4.78, 5) is 7.06. The fraction of sp³-hybridized carbons (Fsp3) is 0.591. The lowest BCUT2D eigenvalue weighted by molar-refractivity contribution is 0.0559. The number of nitrogen functional groups attached to an aromatic ring is 1. The molecule has 1 fully saturated rings. The molecular formula is C22H33N3O. The Hall–Kier alpha value is -1.81. The molecule has 2 atom stereocenters. The Morgan fingerprint density at radius 1 is 1.12 bits per heavy atom. The first kappa shape index (κ1) is 19.0. The maximum Gasteiger partial charge on any atom is 0.132 e. The third-order valence-electron chi connectivity index (χ3n) is 5.36. The molecule has 4 nitrogen and oxygen atoms in total. The van der Waals surface area contributed by atoms with Crippen LogP contribution in [0.5, 0.6) is 5.75 Å². The summed E-state index contributed by atoms with van der Waals surface area (Å²) < 4.78 is 6.50. The van der Waals surface area contributed by atoms with Gasteiger partial charge in [-0.05, 0) is 50.8 Å². The lowest BCUT2D eigenvalue weighted by atomic mass is 9.83. The molecule has 0 saturated carbocycles. The highest BCUT2D eigenvalue weighted by Gasteiger charge is 2.44. The number of hydrogen-bond acceptors (Lipinski definition) is 4. The van der Waals surface area contributed by atoms with Crippen molar-refractivity contribution in [2.75, 3.05) is 12.3 Å². The molecule has 2 aromatic rings. The topological polar surface area (TPSA) is 51.4 Å². The molecule has 0 radical (unpaired) electrons. The molecule has 0 amide bonds. The minimum Gasteiger partial charge on any atom is -0.488 e. The monoisotopic (exact) mass is 355 g/mol. The molecule has 26 heavy (non-hydrogen) atoms. The summed E-state index contributed by atoms with van der Waals surface area (Å²) >= 11 is 0. The lowest BCUT2D eigenvalue weighted by Gasteiger charge is -2.42. The van der Waals surface area contributed by atoms with Crippen molar-refractivity contribution in [1.82, 2.24) is 9.88 Å². The summed E-state index contributed by atoms with van der Waals surface area (Å²) in [6.45, 7) is 16.8. The van der Waals surface area contributed by atoms with Gasteiger partial charge in [-0.3, -0.25) is 4.90 Å². The van der Waals surface area contributed by atoms with E-state index in [9.17, 15) is 0 Å². The van der Waals surface area contributed by atoms with E-state index in [-0.39, 0.29) is 17.1 Å². The molecule has 1 aromatic heterocycles. The van der Waals surface area contributed by atoms with Gasteiger partial charge in [0.15, 0.2) is 0 Å². The first-order chi connectivity index (χ1) is 11.9. The zero-order chi connectivity index (χ0) is 19.3. The number of hydrogen-bond donors (Lipinski definition) is 1. The number of benzene rings is 1. The molecule has 0 aliphatic carbocycles. The van der Waals surface area contributed by atoms with Gasteiger partial charge in [-0.2, -0.15) is 0 Å². The van der Waals surface area contributed by atoms with E-state index in [0.29, 0.717) is 11.9 Å². The van der Waals surface area contributed by atoms with E-state index in [1.54, 1.807) is 0 Å². The van der Waals surface area contributed by atoms with Crippen LogP contribution in [-0.4, -0.2) is 34.1 Å². The van der Waals surface area contributed by atoms with E-state index in [1.165, 1.54) is 5.56 Å². The Morgan fingerprint density at radius 3 is 2.38 bits per heavy atom. The van der Waals surface area contributed by atoms with Crippen molar-refractivity contribution in [3.05, 3.63) is 29.8 Å². The van der Waals surface area contributed by atoms with Crippen molar-refractivity contribution in [2.45, 2.75) is 72.6 Å². The average molecular weight is 356 g/mol. The van der Waals surface area contributed by atoms with Crippen LogP contribution in [-0.2, 0) is 0 Å². The van der Waals surface area contributed by atoms with Crippen LogP contribution in [0, 0.1) is 12.3 Å². The summed E-state index contributed by atoms with van der Waals surface area (Å²) in [6.07, 6.45) is 1.18. The zero-order valence-corrected chi connectivity index (χ0v) is 17.3. The molecule has 2 heterocycles. The first-order valence-electron chi connectivity index (χ1n) is 9.55. The van der Waals surface area contributed by atoms with Crippen molar-refractivity contribution in [3.8, 4) is 5.75 Å². The van der Waals surface area contributed by atoms with E-state index < -0.39 is 0 Å². The molecule has 3 rings (SSSR count). The number of likely N-dealkylation sites (tertiary alicyclic amines) is 1. The lowest BCUT2D eigenvalue weighted by Crippen LogP contribution is -2.49. The van der Waals surface area contributed by atoms with Crippen molar-refractivity contribution in [2.24, 2.45) is 5.41 Å². The molecule has 1 aliphatic heterocycles. The number of rotatable bonds is 2. The Morgan fingerprint density at radius 2 is 1.81 bits per heavy atom. The second-order valence-electron chi connectivity index (χ2n) is 9.75. The highest BCUT2D eigenvalue weighted by Crippen LogP contribution is 2.39. The van der Waals surface area contributed by atoms with Gasteiger partial charge in [-0.25, -0.2) is 4.98 Å². The SMILES string of the molecule is Cc1ccc2c(OC3CC(C(C)(C)C)N(C(C)(C)C)C3)cc(N)nc2c1. The maximum absolute atomic E-state index is 6.50. The molecule has 1 aromatic carbocycles. The van der Waals surface area contributed by atoms with Crippen molar-refractivity contribution in [3.63, 3.8) is 0 Å². The number of ether oxygens (including phenoxy) is 1. The first-order valence-corrected chi connectivity index (χ1v) is 9.55. The van der Waals surface area contributed by atoms with Gasteiger partial charge in [0.1, 0.15) is 17.7 Å². The van der Waals surface area contributed by atoms with Crippen molar-refractivity contribution in [1.29, 1.82) is 0 Å². The van der Waals surface area contributed by atoms with E-state index in [2.05, 4.69) is 76.5 Å². The van der Waals surface area contributed by atoms with Gasteiger partial charge in [0.05, 0.1) is 5.52 Å². The molecule has 1 aliphatic rings. The number of pyridine rings is 1. The predicted molar refractivity (Wildman–Crippen MR) is 110 cm³/mol. The number of aromatic nitrogens is 1. The predicted octanol–water partition coefficient (Wildman–Crippen LogP) is 4.79. The van der Waals surface area contributed by atoms with Gasteiger partial charge >= 0.3 is 0 Å². The Balaban J connectivity index is 1.91. The fourth-order valence-corrected chi connectivity index (χ4v) is 4.05. The normalized spacial score (nSPS) is 22.1. The number of anilines is 1. The van der Waals surface area contributed by atoms with E-state index in [1.807, 2.05) is 6.07 Å². The number of nitrogens with zero attached hydrogens (tertiary/aromatic N) is 2. The van der Waals surface area contributed by atoms with Gasteiger partial charge in [-0.1, -0.05) is 26.8 Å². The summed E-state index contributed by atoms with van der Waals surface area (Å²) in [6, 6.07) is 8.60. The van der Waals surface area contributed by atoms with E-state index >= 15 is 0 Å². The molecule has 142 valence electrons. The third-order valence-corrected chi connectivity index (χ3v) is 5.36. The number of nitrogens with two attached hydrogens (primary N) is 1. The molecule has 2 N–H and O–H groups in total. The minimum absolute atomic E-state index is 0.118. The number of aryl methyl sites for hydroxylation is 1. The second-order valence-corrected chi connectivity index (χ2v) is 9.75. The Labute approximate surface area is 157 Å². The maximum atomic E-state index is 6.50. The summed E-state index contributed by atoms with van der Waals surface area (Å²) in [7, 11) is 0. The van der Waals surface area contributed by atoms with Crippen molar-refractivity contribution < 1.29 is 4.74 Å². The second kappa shape index (κ2) is 6.41. The largest absolute Gasteiger partial charge is 0.488 e. The summed E-state index contributed by atoms with van der Waals surface area (Å²) in [5.41, 5.74) is 8.44. The quantitative estimate of drug-likeness (QED) is 0.841. The fourth-order valence-electron chi connectivity index (χ4n) is 4.05. The smallest absolute Gasteiger partial charge is 0.132 e. The molecular weight excluding hydrogens is 322 g/mol. The van der Waals surface area contributed by atoms with Crippen LogP contribution in [0.15, 0.2) is 24.3 Å². The van der Waals surface area contributed by atoms with E-state index in [4.69, 9.17) is 10.5 Å². The third kappa shape index (κ3) is 3.80. The molecule has 4 heteroatoms. The van der Waals surface area contributed by atoms with Crippen LogP contribution >= 0.6 is 0 Å². The Bertz CT molecular complexity index is 774. The minimum atomic E-state index is 0.118.